The minimum Gasteiger partial charge on any atom is -0.494 e. The van der Waals surface area contributed by atoms with Crippen molar-refractivity contribution in [3.8, 4) is 5.75 Å². The molecule has 40 heavy (non-hydrogen) atoms. The lowest BCUT2D eigenvalue weighted by atomic mass is 10.1. The van der Waals surface area contributed by atoms with Crippen LogP contribution in [0.1, 0.15) is 40.6 Å². The normalized spacial score (nSPS) is 13.7. The van der Waals surface area contributed by atoms with Gasteiger partial charge in [0.2, 0.25) is 5.91 Å². The van der Waals surface area contributed by atoms with Gasteiger partial charge in [-0.25, -0.2) is 4.39 Å². The molecule has 1 saturated heterocycles. The van der Waals surface area contributed by atoms with Crippen LogP contribution in [0.4, 0.5) is 4.39 Å². The second-order valence-corrected chi connectivity index (χ2v) is 10.9. The van der Waals surface area contributed by atoms with Crippen molar-refractivity contribution in [1.82, 2.24) is 14.7 Å². The molecule has 0 spiro atoms. The Morgan fingerprint density at radius 2 is 1.75 bits per heavy atom. The van der Waals surface area contributed by atoms with E-state index in [0.717, 1.165) is 42.1 Å². The van der Waals surface area contributed by atoms with E-state index in [1.165, 1.54) is 12.1 Å². The zero-order valence-corrected chi connectivity index (χ0v) is 23.9. The fourth-order valence-corrected chi connectivity index (χ4v) is 5.17. The van der Waals surface area contributed by atoms with E-state index < -0.39 is 0 Å². The first kappa shape index (κ1) is 29.7. The number of morpholine rings is 1. The van der Waals surface area contributed by atoms with E-state index in [1.54, 1.807) is 45.4 Å². The molecule has 4 rings (SSSR count). The topological polar surface area (TPSA) is 62.3 Å². The van der Waals surface area contributed by atoms with Crippen LogP contribution in [-0.4, -0.2) is 79.1 Å². The highest BCUT2D eigenvalue weighted by molar-refractivity contribution is 7.09. The molecule has 2 amide bonds. The first-order chi connectivity index (χ1) is 19.5. The number of amides is 2. The molecule has 7 nitrogen and oxygen atoms in total. The highest BCUT2D eigenvalue weighted by atomic mass is 32.1. The number of nitrogens with zero attached hydrogens (tertiary/aromatic N) is 3. The summed E-state index contributed by atoms with van der Waals surface area (Å²) in [7, 11) is 0. The Bertz CT molecular complexity index is 1180. The van der Waals surface area contributed by atoms with E-state index in [1.807, 2.05) is 29.6 Å². The Hall–Kier alpha value is -3.27. The average Bonchev–Trinajstić information content (AvgIpc) is 3.50. The second-order valence-electron chi connectivity index (χ2n) is 9.86. The molecule has 1 aliphatic rings. The maximum Gasteiger partial charge on any atom is 0.254 e. The summed E-state index contributed by atoms with van der Waals surface area (Å²) < 4.78 is 24.7. The summed E-state index contributed by atoms with van der Waals surface area (Å²) in [6, 6.07) is 17.3. The minimum atomic E-state index is -0.318. The number of benzene rings is 2. The van der Waals surface area contributed by atoms with Gasteiger partial charge >= 0.3 is 0 Å². The highest BCUT2D eigenvalue weighted by Gasteiger charge is 2.24. The maximum absolute atomic E-state index is 13.7. The Morgan fingerprint density at radius 1 is 1.00 bits per heavy atom. The number of carbonyl (C=O) groups excluding carboxylic acids is 2. The molecule has 9 heteroatoms. The minimum absolute atomic E-state index is 0.0511. The first-order valence-electron chi connectivity index (χ1n) is 13.9. The predicted molar refractivity (Wildman–Crippen MR) is 155 cm³/mol. The number of unbranched alkanes of at least 4 members (excludes halogenated alkanes) is 1. The quantitative estimate of drug-likeness (QED) is 0.255. The van der Waals surface area contributed by atoms with Gasteiger partial charge in [-0.3, -0.25) is 14.5 Å². The predicted octanol–water partition coefficient (Wildman–Crippen LogP) is 5.07. The number of halogens is 1. The van der Waals surface area contributed by atoms with E-state index in [0.29, 0.717) is 51.6 Å². The summed E-state index contributed by atoms with van der Waals surface area (Å²) in [4.78, 5) is 34.1. The molecule has 214 valence electrons. The van der Waals surface area contributed by atoms with Crippen molar-refractivity contribution in [2.75, 3.05) is 52.5 Å². The molecule has 2 heterocycles. The van der Waals surface area contributed by atoms with E-state index in [9.17, 15) is 14.0 Å². The van der Waals surface area contributed by atoms with E-state index >= 15 is 0 Å². The van der Waals surface area contributed by atoms with E-state index in [4.69, 9.17) is 9.47 Å². The molecule has 1 aliphatic heterocycles. The van der Waals surface area contributed by atoms with E-state index in [2.05, 4.69) is 11.8 Å². The number of ether oxygens (including phenoxy) is 2. The lowest BCUT2D eigenvalue weighted by Gasteiger charge is -2.31. The van der Waals surface area contributed by atoms with Gasteiger partial charge < -0.3 is 19.3 Å². The van der Waals surface area contributed by atoms with Crippen LogP contribution in [0.25, 0.3) is 0 Å². The third kappa shape index (κ3) is 9.15. The highest BCUT2D eigenvalue weighted by Crippen LogP contribution is 2.18. The van der Waals surface area contributed by atoms with Crippen molar-refractivity contribution < 1.29 is 23.5 Å². The molecule has 0 N–H and O–H groups in total. The Balaban J connectivity index is 1.49. The van der Waals surface area contributed by atoms with E-state index in [-0.39, 0.29) is 24.2 Å². The third-order valence-corrected chi connectivity index (χ3v) is 7.70. The summed E-state index contributed by atoms with van der Waals surface area (Å²) in [6.07, 6.45) is 2.02. The summed E-state index contributed by atoms with van der Waals surface area (Å²) in [5, 5.41) is 1.98. The van der Waals surface area contributed by atoms with Crippen molar-refractivity contribution in [3.63, 3.8) is 0 Å². The molecule has 0 saturated carbocycles. The largest absolute Gasteiger partial charge is 0.494 e. The van der Waals surface area contributed by atoms with Crippen molar-refractivity contribution in [1.29, 1.82) is 0 Å². The van der Waals surface area contributed by atoms with Gasteiger partial charge in [-0.2, -0.15) is 0 Å². The van der Waals surface area contributed by atoms with Gasteiger partial charge in [-0.05, 0) is 59.8 Å². The Labute approximate surface area is 240 Å². The van der Waals surface area contributed by atoms with Crippen LogP contribution in [0.5, 0.6) is 5.75 Å². The molecule has 1 aromatic heterocycles. The molecule has 1 fully saturated rings. The van der Waals surface area contributed by atoms with Crippen molar-refractivity contribution in [2.45, 2.75) is 32.9 Å². The fraction of sp³-hybridized carbons (Fsp3) is 0.419. The molecular weight excluding hydrogens is 529 g/mol. The van der Waals surface area contributed by atoms with Crippen LogP contribution in [0.2, 0.25) is 0 Å². The summed E-state index contributed by atoms with van der Waals surface area (Å²) in [5.41, 5.74) is 1.34. The van der Waals surface area contributed by atoms with Gasteiger partial charge in [0.25, 0.3) is 5.91 Å². The average molecular weight is 568 g/mol. The van der Waals surface area contributed by atoms with Crippen LogP contribution in [0.15, 0.2) is 66.0 Å². The lowest BCUT2D eigenvalue weighted by Crippen LogP contribution is -2.47. The second kappa shape index (κ2) is 15.5. The summed E-state index contributed by atoms with van der Waals surface area (Å²) in [6.45, 7) is 7.45. The van der Waals surface area contributed by atoms with Gasteiger partial charge in [-0.15, -0.1) is 11.3 Å². The van der Waals surface area contributed by atoms with Crippen LogP contribution >= 0.6 is 11.3 Å². The lowest BCUT2D eigenvalue weighted by molar-refractivity contribution is -0.133. The summed E-state index contributed by atoms with van der Waals surface area (Å²) in [5.74, 6) is 0.0519. The van der Waals surface area contributed by atoms with Gasteiger partial charge in [-0.1, -0.05) is 31.5 Å². The molecule has 0 bridgehead atoms. The molecule has 0 atom stereocenters. The summed E-state index contributed by atoms with van der Waals surface area (Å²) >= 11 is 1.58. The molecule has 0 radical (unpaired) electrons. The molecule has 0 aliphatic carbocycles. The number of rotatable bonds is 14. The third-order valence-electron chi connectivity index (χ3n) is 6.84. The first-order valence-corrected chi connectivity index (χ1v) is 14.8. The van der Waals surface area contributed by atoms with Gasteiger partial charge in [0.05, 0.1) is 26.4 Å². The molecule has 2 aromatic carbocycles. The van der Waals surface area contributed by atoms with Crippen molar-refractivity contribution in [2.24, 2.45) is 0 Å². The van der Waals surface area contributed by atoms with Crippen LogP contribution in [0.3, 0.4) is 0 Å². The molecule has 3 aromatic rings. The number of hydrogen-bond acceptors (Lipinski definition) is 6. The zero-order chi connectivity index (χ0) is 28.2. The molecular formula is C31H38FN3O4S. The van der Waals surface area contributed by atoms with Crippen LogP contribution < -0.4 is 4.74 Å². The molecule has 0 unspecified atom stereocenters. The SMILES string of the molecule is CCCCOc1ccc(C(=O)N(CCN2CCOCC2)CC(=O)N(Cc2ccc(F)cc2)Cc2cccs2)cc1. The zero-order valence-electron chi connectivity index (χ0n) is 23.1. The standard InChI is InChI=1S/C31H38FN3O4S/c1-2-3-18-39-28-12-8-26(9-13-28)31(37)34(15-14-33-16-19-38-20-17-33)24-30(36)35(23-29-5-4-21-40-29)22-25-6-10-27(32)11-7-25/h4-13,21H,2-3,14-20,22-24H2,1H3. The van der Waals surface area contributed by atoms with Gasteiger partial charge in [0.15, 0.2) is 0 Å². The van der Waals surface area contributed by atoms with Crippen LogP contribution in [-0.2, 0) is 22.6 Å². The number of carbonyl (C=O) groups is 2. The van der Waals surface area contributed by atoms with Gasteiger partial charge in [0.1, 0.15) is 18.1 Å². The van der Waals surface area contributed by atoms with Crippen molar-refractivity contribution >= 4 is 23.2 Å². The maximum atomic E-state index is 13.7. The monoisotopic (exact) mass is 567 g/mol. The fourth-order valence-electron chi connectivity index (χ4n) is 4.45. The van der Waals surface area contributed by atoms with Gasteiger partial charge in [0, 0.05) is 43.2 Å². The Kier molecular flexibility index (Phi) is 11.5. The number of thiophene rings is 1. The van der Waals surface area contributed by atoms with Crippen molar-refractivity contribution in [3.05, 3.63) is 87.9 Å². The smallest absolute Gasteiger partial charge is 0.254 e. The van der Waals surface area contributed by atoms with Crippen LogP contribution in [0, 0.1) is 5.82 Å². The number of hydrogen-bond donors (Lipinski definition) is 0. The Morgan fingerprint density at radius 3 is 2.42 bits per heavy atom.